The number of benzene rings is 1. The van der Waals surface area contributed by atoms with E-state index in [0.29, 0.717) is 11.8 Å². The van der Waals surface area contributed by atoms with E-state index in [1.54, 1.807) is 0 Å². The molecule has 2 aliphatic carbocycles. The van der Waals surface area contributed by atoms with E-state index in [4.69, 9.17) is 4.74 Å². The molecule has 104 valence electrons. The number of allylic oxidation sites excluding steroid dienone is 1. The van der Waals surface area contributed by atoms with Crippen molar-refractivity contribution < 1.29 is 9.84 Å². The van der Waals surface area contributed by atoms with E-state index < -0.39 is 0 Å². The first kappa shape index (κ1) is 12.4. The van der Waals surface area contributed by atoms with Crippen molar-refractivity contribution in [3.05, 3.63) is 59.2 Å². The van der Waals surface area contributed by atoms with Gasteiger partial charge in [0, 0.05) is 17.8 Å². The molecule has 2 nitrogen and oxygen atoms in total. The third-order valence-corrected chi connectivity index (χ3v) is 5.09. The zero-order valence-corrected chi connectivity index (χ0v) is 11.5. The van der Waals surface area contributed by atoms with Gasteiger partial charge in [-0.05, 0) is 24.0 Å². The fourth-order valence-electron chi connectivity index (χ4n) is 4.05. The molecule has 0 spiro atoms. The van der Waals surface area contributed by atoms with Crippen LogP contribution >= 0.6 is 0 Å². The molecule has 1 aliphatic heterocycles. The number of hydrogen-bond donors (Lipinski definition) is 1. The Morgan fingerprint density at radius 3 is 2.65 bits per heavy atom. The van der Waals surface area contributed by atoms with Gasteiger partial charge in [0.15, 0.2) is 0 Å². The average molecular weight is 268 g/mol. The van der Waals surface area contributed by atoms with Crippen molar-refractivity contribution >= 4 is 0 Å². The van der Waals surface area contributed by atoms with Gasteiger partial charge in [0.2, 0.25) is 0 Å². The molecular weight excluding hydrogens is 248 g/mol. The summed E-state index contributed by atoms with van der Waals surface area (Å²) in [5.74, 6) is 1.07. The highest BCUT2D eigenvalue weighted by Crippen LogP contribution is 2.46. The zero-order valence-electron chi connectivity index (χ0n) is 11.5. The smallest absolute Gasteiger partial charge is 0.0683 e. The minimum absolute atomic E-state index is 0.204. The number of rotatable bonds is 1. The zero-order chi connectivity index (χ0) is 13.5. The Morgan fingerprint density at radius 2 is 1.80 bits per heavy atom. The molecule has 4 rings (SSSR count). The van der Waals surface area contributed by atoms with Gasteiger partial charge in [-0.3, -0.25) is 0 Å². The molecule has 20 heavy (non-hydrogen) atoms. The summed E-state index contributed by atoms with van der Waals surface area (Å²) in [6.45, 7) is 1.57. The highest BCUT2D eigenvalue weighted by Gasteiger charge is 2.39. The molecule has 0 bridgehead atoms. The Hall–Kier alpha value is -1.38. The van der Waals surface area contributed by atoms with Crippen LogP contribution in [0.2, 0.25) is 0 Å². The van der Waals surface area contributed by atoms with Crippen molar-refractivity contribution in [3.63, 3.8) is 0 Å². The van der Waals surface area contributed by atoms with Crippen LogP contribution in [0.5, 0.6) is 0 Å². The molecule has 0 radical (unpaired) electrons. The topological polar surface area (TPSA) is 29.5 Å². The minimum Gasteiger partial charge on any atom is -0.392 e. The van der Waals surface area contributed by atoms with Crippen molar-refractivity contribution in [3.8, 4) is 0 Å². The molecule has 2 heteroatoms. The summed E-state index contributed by atoms with van der Waals surface area (Å²) in [5.41, 5.74) is 4.27. The van der Waals surface area contributed by atoms with Crippen molar-refractivity contribution in [1.82, 2.24) is 0 Å². The number of ether oxygens (including phenoxy) is 1. The molecule has 2 fully saturated rings. The molecule has 0 amide bonds. The Labute approximate surface area is 119 Å². The number of aliphatic hydroxyl groups excluding tert-OH is 1. The lowest BCUT2D eigenvalue weighted by Crippen LogP contribution is -2.14. The van der Waals surface area contributed by atoms with E-state index in [1.165, 1.54) is 16.7 Å². The summed E-state index contributed by atoms with van der Waals surface area (Å²) in [6, 6.07) is 10.7. The molecule has 0 unspecified atom stereocenters. The average Bonchev–Trinajstić information content (AvgIpc) is 3.05. The van der Waals surface area contributed by atoms with E-state index in [2.05, 4.69) is 42.5 Å². The van der Waals surface area contributed by atoms with E-state index in [1.807, 2.05) is 0 Å². The van der Waals surface area contributed by atoms with Gasteiger partial charge in [-0.2, -0.15) is 0 Å². The molecule has 1 N–H and O–H groups in total. The SMILES string of the molecule is O[C@@H]1CCC2=C3COC[C@H]3[C@H](c3ccccc3)C=C[C@@H]21. The lowest BCUT2D eigenvalue weighted by molar-refractivity contribution is 0.159. The summed E-state index contributed by atoms with van der Waals surface area (Å²) in [6.07, 6.45) is 6.28. The quantitative estimate of drug-likeness (QED) is 0.793. The maximum atomic E-state index is 10.2. The highest BCUT2D eigenvalue weighted by atomic mass is 16.5. The molecule has 1 aromatic carbocycles. The fraction of sp³-hybridized carbons (Fsp3) is 0.444. The standard InChI is InChI=1S/C18H20O2/c19-18-9-8-14-15(18)7-6-13(12-4-2-1-3-5-12)16-10-20-11-17(14)16/h1-7,13,15-16,18-19H,8-11H2/t13-,15-,16-,18+/m0/s1. The molecule has 1 heterocycles. The second kappa shape index (κ2) is 4.87. The molecule has 3 aliphatic rings. The first-order valence-corrected chi connectivity index (χ1v) is 7.55. The summed E-state index contributed by atoms with van der Waals surface area (Å²) in [7, 11) is 0. The van der Waals surface area contributed by atoms with E-state index in [0.717, 1.165) is 26.1 Å². The van der Waals surface area contributed by atoms with Crippen LogP contribution in [0.4, 0.5) is 0 Å². The minimum atomic E-state index is -0.204. The van der Waals surface area contributed by atoms with Crippen LogP contribution in [0.3, 0.4) is 0 Å². The highest BCUT2D eigenvalue weighted by molar-refractivity contribution is 5.39. The van der Waals surface area contributed by atoms with E-state index in [-0.39, 0.29) is 12.0 Å². The molecule has 0 aromatic heterocycles. The maximum absolute atomic E-state index is 10.2. The van der Waals surface area contributed by atoms with Crippen molar-refractivity contribution in [1.29, 1.82) is 0 Å². The van der Waals surface area contributed by atoms with Crippen LogP contribution < -0.4 is 0 Å². The first-order chi connectivity index (χ1) is 9.84. The molecular formula is C18H20O2. The Bertz CT molecular complexity index is 558. The largest absolute Gasteiger partial charge is 0.392 e. The second-order valence-corrected chi connectivity index (χ2v) is 6.13. The second-order valence-electron chi connectivity index (χ2n) is 6.13. The van der Waals surface area contributed by atoms with Crippen LogP contribution in [-0.4, -0.2) is 24.4 Å². The summed E-state index contributed by atoms with van der Waals surface area (Å²) >= 11 is 0. The fourth-order valence-corrected chi connectivity index (χ4v) is 4.05. The molecule has 1 aromatic rings. The monoisotopic (exact) mass is 268 g/mol. The normalized spacial score (nSPS) is 35.9. The van der Waals surface area contributed by atoms with Crippen molar-refractivity contribution in [2.45, 2.75) is 24.9 Å². The third kappa shape index (κ3) is 1.87. The van der Waals surface area contributed by atoms with Crippen LogP contribution in [0, 0.1) is 11.8 Å². The van der Waals surface area contributed by atoms with Gasteiger partial charge in [0.05, 0.1) is 19.3 Å². The summed E-state index contributed by atoms with van der Waals surface area (Å²) in [5, 5.41) is 10.2. The first-order valence-electron chi connectivity index (χ1n) is 7.55. The lowest BCUT2D eigenvalue weighted by atomic mass is 9.82. The summed E-state index contributed by atoms with van der Waals surface area (Å²) in [4.78, 5) is 0. The van der Waals surface area contributed by atoms with Crippen LogP contribution in [0.1, 0.15) is 24.3 Å². The van der Waals surface area contributed by atoms with Crippen molar-refractivity contribution in [2.75, 3.05) is 13.2 Å². The van der Waals surface area contributed by atoms with Gasteiger partial charge in [-0.25, -0.2) is 0 Å². The van der Waals surface area contributed by atoms with E-state index in [9.17, 15) is 5.11 Å². The lowest BCUT2D eigenvalue weighted by Gasteiger charge is -2.21. The van der Waals surface area contributed by atoms with Crippen molar-refractivity contribution in [2.24, 2.45) is 11.8 Å². The predicted octanol–water partition coefficient (Wildman–Crippen LogP) is 3.05. The maximum Gasteiger partial charge on any atom is 0.0683 e. The predicted molar refractivity (Wildman–Crippen MR) is 78.4 cm³/mol. The number of fused-ring (bicyclic) bond motifs is 2. The van der Waals surface area contributed by atoms with Gasteiger partial charge in [0.25, 0.3) is 0 Å². The Morgan fingerprint density at radius 1 is 1.00 bits per heavy atom. The van der Waals surface area contributed by atoms with E-state index >= 15 is 0 Å². The molecule has 4 atom stereocenters. The molecule has 1 saturated heterocycles. The van der Waals surface area contributed by atoms with Gasteiger partial charge in [-0.1, -0.05) is 48.1 Å². The number of aliphatic hydroxyl groups is 1. The molecule has 1 saturated carbocycles. The van der Waals surface area contributed by atoms with Gasteiger partial charge in [0.1, 0.15) is 0 Å². The third-order valence-electron chi connectivity index (χ3n) is 5.09. The number of hydrogen-bond acceptors (Lipinski definition) is 2. The van der Waals surface area contributed by atoms with Crippen LogP contribution in [-0.2, 0) is 4.74 Å². The van der Waals surface area contributed by atoms with Gasteiger partial charge in [-0.15, -0.1) is 0 Å². The van der Waals surface area contributed by atoms with Crippen LogP contribution in [0.15, 0.2) is 53.6 Å². The Kier molecular flexibility index (Phi) is 3.01. The van der Waals surface area contributed by atoms with Gasteiger partial charge >= 0.3 is 0 Å². The Balaban J connectivity index is 1.79. The van der Waals surface area contributed by atoms with Gasteiger partial charge < -0.3 is 9.84 Å². The van der Waals surface area contributed by atoms with Crippen LogP contribution in [0.25, 0.3) is 0 Å². The summed E-state index contributed by atoms with van der Waals surface area (Å²) < 4.78 is 5.77.